The Morgan fingerprint density at radius 1 is 1.30 bits per heavy atom. The summed E-state index contributed by atoms with van der Waals surface area (Å²) in [6.07, 6.45) is -0.592. The lowest BCUT2D eigenvalue weighted by Crippen LogP contribution is -2.44. The molecule has 0 radical (unpaired) electrons. The Kier molecular flexibility index (Phi) is 4.11. The number of amides is 1. The van der Waals surface area contributed by atoms with Crippen LogP contribution in [0.15, 0.2) is 42.7 Å². The third-order valence-electron chi connectivity index (χ3n) is 3.97. The lowest BCUT2D eigenvalue weighted by atomic mass is 10.1. The van der Waals surface area contributed by atoms with Crippen LogP contribution < -0.4 is 0 Å². The van der Waals surface area contributed by atoms with Crippen molar-refractivity contribution in [2.75, 3.05) is 6.54 Å². The van der Waals surface area contributed by atoms with Gasteiger partial charge in [0.1, 0.15) is 6.04 Å². The molecule has 1 aliphatic heterocycles. The van der Waals surface area contributed by atoms with E-state index in [0.29, 0.717) is 13.0 Å². The molecule has 2 aromatic rings. The van der Waals surface area contributed by atoms with Crippen LogP contribution in [0.25, 0.3) is 0 Å². The normalized spacial score (nSPS) is 18.4. The van der Waals surface area contributed by atoms with Crippen molar-refractivity contribution >= 4 is 5.91 Å². The van der Waals surface area contributed by atoms with Gasteiger partial charge in [0.15, 0.2) is 0 Å². The second-order valence-electron chi connectivity index (χ2n) is 5.60. The van der Waals surface area contributed by atoms with E-state index >= 15 is 0 Å². The summed E-state index contributed by atoms with van der Waals surface area (Å²) in [5, 5.41) is 4.08. The van der Waals surface area contributed by atoms with Gasteiger partial charge >= 0.3 is 6.18 Å². The molecule has 0 spiro atoms. The minimum Gasteiger partial charge on any atom is -0.327 e. The van der Waals surface area contributed by atoms with E-state index in [0.717, 1.165) is 10.5 Å². The van der Waals surface area contributed by atoms with E-state index in [1.54, 1.807) is 41.3 Å². The molecule has 3 rings (SSSR count). The first-order valence-electron chi connectivity index (χ1n) is 7.39. The molecule has 1 saturated heterocycles. The predicted octanol–water partition coefficient (Wildman–Crippen LogP) is 3.10. The maximum Gasteiger partial charge on any atom is 0.408 e. The monoisotopic (exact) mass is 323 g/mol. The Labute approximate surface area is 131 Å². The number of benzene rings is 1. The zero-order valence-electron chi connectivity index (χ0n) is 12.3. The highest BCUT2D eigenvalue weighted by Gasteiger charge is 2.47. The third-order valence-corrected chi connectivity index (χ3v) is 3.97. The Balaban J connectivity index is 1.79. The number of likely N-dealkylation sites (tertiary alicyclic amines) is 1. The molecule has 1 aliphatic rings. The lowest BCUT2D eigenvalue weighted by molar-refractivity contribution is -0.169. The van der Waals surface area contributed by atoms with Gasteiger partial charge in [-0.1, -0.05) is 12.1 Å². The molecule has 7 heteroatoms. The second-order valence-corrected chi connectivity index (χ2v) is 5.60. The van der Waals surface area contributed by atoms with E-state index in [9.17, 15) is 18.0 Å². The van der Waals surface area contributed by atoms with Gasteiger partial charge < -0.3 is 4.90 Å². The van der Waals surface area contributed by atoms with Gasteiger partial charge in [0.2, 0.25) is 0 Å². The zero-order chi connectivity index (χ0) is 16.4. The smallest absolute Gasteiger partial charge is 0.327 e. The van der Waals surface area contributed by atoms with Gasteiger partial charge in [-0.2, -0.15) is 18.3 Å². The molecule has 1 fully saturated rings. The Hall–Kier alpha value is -2.31. The van der Waals surface area contributed by atoms with Crippen LogP contribution in [0.1, 0.15) is 28.8 Å². The molecule has 1 aromatic heterocycles. The van der Waals surface area contributed by atoms with Crippen LogP contribution in [0.3, 0.4) is 0 Å². The van der Waals surface area contributed by atoms with Crippen molar-refractivity contribution in [1.82, 2.24) is 14.7 Å². The molecule has 2 heterocycles. The standard InChI is InChI=1S/C16H16F3N3O/c17-16(18,19)14-6-2-9-22(14)15(23)13-5-1-4-12(10-13)11-21-8-3-7-20-21/h1,3-5,7-8,10,14H,2,6,9,11H2/t14-/m1/s1. The van der Waals surface area contributed by atoms with Crippen molar-refractivity contribution in [2.45, 2.75) is 31.6 Å². The van der Waals surface area contributed by atoms with Crippen LogP contribution in [0.5, 0.6) is 0 Å². The predicted molar refractivity (Wildman–Crippen MR) is 77.9 cm³/mol. The number of halogens is 3. The van der Waals surface area contributed by atoms with Gasteiger partial charge in [0.05, 0.1) is 6.54 Å². The zero-order valence-corrected chi connectivity index (χ0v) is 12.3. The van der Waals surface area contributed by atoms with Crippen LogP contribution in [0, 0.1) is 0 Å². The highest BCUT2D eigenvalue weighted by atomic mass is 19.4. The van der Waals surface area contributed by atoms with E-state index in [4.69, 9.17) is 0 Å². The van der Waals surface area contributed by atoms with Gasteiger partial charge in [0.25, 0.3) is 5.91 Å². The number of hydrogen-bond acceptors (Lipinski definition) is 2. The van der Waals surface area contributed by atoms with Crippen molar-refractivity contribution < 1.29 is 18.0 Å². The summed E-state index contributed by atoms with van der Waals surface area (Å²) in [7, 11) is 0. The molecule has 4 nitrogen and oxygen atoms in total. The average Bonchev–Trinajstić information content (AvgIpc) is 3.17. The molecule has 1 aromatic carbocycles. The number of aromatic nitrogens is 2. The van der Waals surface area contributed by atoms with Gasteiger partial charge in [0, 0.05) is 24.5 Å². The van der Waals surface area contributed by atoms with Crippen LogP contribution >= 0.6 is 0 Å². The molecule has 0 unspecified atom stereocenters. The molecule has 23 heavy (non-hydrogen) atoms. The SMILES string of the molecule is O=C(c1cccc(Cn2cccn2)c1)N1CCC[C@@H]1C(F)(F)F. The maximum absolute atomic E-state index is 13.0. The summed E-state index contributed by atoms with van der Waals surface area (Å²) in [4.78, 5) is 13.4. The minimum absolute atomic E-state index is 0.0256. The topological polar surface area (TPSA) is 38.1 Å². The lowest BCUT2D eigenvalue weighted by Gasteiger charge is -2.26. The molecule has 0 N–H and O–H groups in total. The second kappa shape index (κ2) is 6.06. The largest absolute Gasteiger partial charge is 0.408 e. The van der Waals surface area contributed by atoms with Crippen molar-refractivity contribution in [3.05, 3.63) is 53.9 Å². The summed E-state index contributed by atoms with van der Waals surface area (Å²) in [6, 6.07) is 6.81. The molecule has 0 aliphatic carbocycles. The van der Waals surface area contributed by atoms with E-state index < -0.39 is 18.1 Å². The van der Waals surface area contributed by atoms with Crippen molar-refractivity contribution in [3.63, 3.8) is 0 Å². The quantitative estimate of drug-likeness (QED) is 0.870. The summed E-state index contributed by atoms with van der Waals surface area (Å²) in [5.41, 5.74) is 1.10. The molecule has 0 bridgehead atoms. The molecular formula is C16H16F3N3O. The fraction of sp³-hybridized carbons (Fsp3) is 0.375. The van der Waals surface area contributed by atoms with E-state index in [1.807, 2.05) is 6.07 Å². The Morgan fingerprint density at radius 3 is 2.83 bits per heavy atom. The van der Waals surface area contributed by atoms with Gasteiger partial charge in [-0.25, -0.2) is 0 Å². The average molecular weight is 323 g/mol. The van der Waals surface area contributed by atoms with E-state index in [1.165, 1.54) is 0 Å². The van der Waals surface area contributed by atoms with Gasteiger partial charge in [-0.3, -0.25) is 9.48 Å². The highest BCUT2D eigenvalue weighted by Crippen LogP contribution is 2.33. The van der Waals surface area contributed by atoms with Gasteiger partial charge in [-0.05, 0) is 36.6 Å². The van der Waals surface area contributed by atoms with Crippen molar-refractivity contribution in [3.8, 4) is 0 Å². The minimum atomic E-state index is -4.38. The number of hydrogen-bond donors (Lipinski definition) is 0. The number of rotatable bonds is 3. The highest BCUT2D eigenvalue weighted by molar-refractivity contribution is 5.94. The first kappa shape index (κ1) is 15.6. The van der Waals surface area contributed by atoms with Crippen LogP contribution in [0.4, 0.5) is 13.2 Å². The summed E-state index contributed by atoms with van der Waals surface area (Å²) >= 11 is 0. The summed E-state index contributed by atoms with van der Waals surface area (Å²) in [5.74, 6) is -0.563. The van der Waals surface area contributed by atoms with Gasteiger partial charge in [-0.15, -0.1) is 0 Å². The summed E-state index contributed by atoms with van der Waals surface area (Å²) in [6.45, 7) is 0.614. The number of carbonyl (C=O) groups excluding carboxylic acids is 1. The van der Waals surface area contributed by atoms with Crippen molar-refractivity contribution in [1.29, 1.82) is 0 Å². The number of carbonyl (C=O) groups is 1. The molecule has 0 saturated carbocycles. The first-order chi connectivity index (χ1) is 10.9. The van der Waals surface area contributed by atoms with Crippen molar-refractivity contribution in [2.24, 2.45) is 0 Å². The Morgan fingerprint density at radius 2 is 2.13 bits per heavy atom. The fourth-order valence-corrected chi connectivity index (χ4v) is 2.90. The summed E-state index contributed by atoms with van der Waals surface area (Å²) < 4.78 is 40.7. The molecule has 1 amide bonds. The molecule has 122 valence electrons. The van der Waals surface area contributed by atoms with E-state index in [2.05, 4.69) is 5.10 Å². The van der Waals surface area contributed by atoms with Crippen LogP contribution in [-0.4, -0.2) is 39.4 Å². The Bertz CT molecular complexity index is 682. The first-order valence-corrected chi connectivity index (χ1v) is 7.39. The fourth-order valence-electron chi connectivity index (χ4n) is 2.90. The maximum atomic E-state index is 13.0. The van der Waals surface area contributed by atoms with E-state index in [-0.39, 0.29) is 18.5 Å². The van der Waals surface area contributed by atoms with Crippen LogP contribution in [-0.2, 0) is 6.54 Å². The third kappa shape index (κ3) is 3.38. The number of alkyl halides is 3. The number of nitrogens with zero attached hydrogens (tertiary/aromatic N) is 3. The van der Waals surface area contributed by atoms with Crippen LogP contribution in [0.2, 0.25) is 0 Å². The molecular weight excluding hydrogens is 307 g/mol. The molecule has 1 atom stereocenters.